The van der Waals surface area contributed by atoms with E-state index in [2.05, 4.69) is 5.32 Å². The van der Waals surface area contributed by atoms with Crippen LogP contribution in [0.15, 0.2) is 24.4 Å². The molecule has 1 aromatic carbocycles. The van der Waals surface area contributed by atoms with Crippen LogP contribution in [0.25, 0.3) is 0 Å². The van der Waals surface area contributed by atoms with Crippen LogP contribution in [0.5, 0.6) is 11.5 Å². The summed E-state index contributed by atoms with van der Waals surface area (Å²) in [5.74, 6) is 1.20. The van der Waals surface area contributed by atoms with E-state index >= 15 is 0 Å². The molecule has 0 unspecified atom stereocenters. The van der Waals surface area contributed by atoms with E-state index in [4.69, 9.17) is 33.3 Å². The van der Waals surface area contributed by atoms with Crippen molar-refractivity contribution in [2.24, 2.45) is 0 Å². The van der Waals surface area contributed by atoms with E-state index in [1.54, 1.807) is 26.4 Å². The molecule has 1 N–H and O–H groups in total. The molecule has 2 rings (SSSR count). The van der Waals surface area contributed by atoms with Crippen LogP contribution in [0.1, 0.15) is 13.8 Å². The average Bonchev–Trinajstić information content (AvgIpc) is 2.37. The summed E-state index contributed by atoms with van der Waals surface area (Å²) in [6.07, 6.45) is 3.94. The van der Waals surface area contributed by atoms with Gasteiger partial charge < -0.3 is 14.8 Å². The zero-order valence-corrected chi connectivity index (χ0v) is 13.4. The van der Waals surface area contributed by atoms with Crippen molar-refractivity contribution in [1.29, 1.82) is 0 Å². The molecule has 1 aliphatic heterocycles. The van der Waals surface area contributed by atoms with Gasteiger partial charge in [0.1, 0.15) is 11.5 Å². The van der Waals surface area contributed by atoms with Gasteiger partial charge >= 0.3 is 0 Å². The van der Waals surface area contributed by atoms with Gasteiger partial charge in [0.2, 0.25) is 0 Å². The highest BCUT2D eigenvalue weighted by Crippen LogP contribution is 2.39. The molecule has 20 heavy (non-hydrogen) atoms. The number of hydrogen-bond acceptors (Lipinski definition) is 3. The quantitative estimate of drug-likeness (QED) is 0.866. The van der Waals surface area contributed by atoms with Gasteiger partial charge in [0, 0.05) is 12.3 Å². The van der Waals surface area contributed by atoms with E-state index in [0.29, 0.717) is 21.6 Å². The highest BCUT2D eigenvalue weighted by atomic mass is 35.5. The largest absolute Gasteiger partial charge is 0.495 e. The zero-order chi connectivity index (χ0) is 14.9. The van der Waals surface area contributed by atoms with Crippen molar-refractivity contribution in [3.8, 4) is 11.5 Å². The van der Waals surface area contributed by atoms with Crippen LogP contribution in [0.4, 0.5) is 5.69 Å². The van der Waals surface area contributed by atoms with Crippen LogP contribution in [0.2, 0.25) is 5.02 Å². The lowest BCUT2D eigenvalue weighted by Crippen LogP contribution is -2.51. The fourth-order valence-electron chi connectivity index (χ4n) is 1.93. The van der Waals surface area contributed by atoms with Gasteiger partial charge in [-0.05, 0) is 38.2 Å². The minimum atomic E-state index is -0.170. The maximum atomic E-state index is 6.19. The third-order valence-electron chi connectivity index (χ3n) is 3.00. The first-order valence-electron chi connectivity index (χ1n) is 6.10. The Balaban J connectivity index is 2.47. The normalized spacial score (nSPS) is 16.9. The van der Waals surface area contributed by atoms with Crippen molar-refractivity contribution in [2.75, 3.05) is 19.1 Å². The van der Waals surface area contributed by atoms with Gasteiger partial charge in [0.25, 0.3) is 0 Å². The lowest BCUT2D eigenvalue weighted by atomic mass is 10.0. The Morgan fingerprint density at radius 3 is 2.40 bits per heavy atom. The van der Waals surface area contributed by atoms with Gasteiger partial charge in [-0.3, -0.25) is 4.90 Å². The van der Waals surface area contributed by atoms with E-state index in [1.165, 1.54) is 0 Å². The van der Waals surface area contributed by atoms with Gasteiger partial charge in [-0.25, -0.2) is 0 Å². The van der Waals surface area contributed by atoms with Crippen LogP contribution >= 0.6 is 23.8 Å². The molecule has 1 aliphatic rings. The Bertz CT molecular complexity index is 573. The third kappa shape index (κ3) is 2.83. The summed E-state index contributed by atoms with van der Waals surface area (Å²) < 4.78 is 10.6. The monoisotopic (exact) mass is 312 g/mol. The lowest BCUT2D eigenvalue weighted by Gasteiger charge is -2.35. The van der Waals surface area contributed by atoms with Gasteiger partial charge in [0.15, 0.2) is 5.11 Å². The molecule has 6 heteroatoms. The van der Waals surface area contributed by atoms with Gasteiger partial charge in [0.05, 0.1) is 30.5 Å². The van der Waals surface area contributed by atoms with Crippen LogP contribution < -0.4 is 19.7 Å². The first-order valence-corrected chi connectivity index (χ1v) is 6.89. The fraction of sp³-hybridized carbons (Fsp3) is 0.357. The maximum Gasteiger partial charge on any atom is 0.178 e. The van der Waals surface area contributed by atoms with E-state index in [-0.39, 0.29) is 5.54 Å². The van der Waals surface area contributed by atoms with Crippen molar-refractivity contribution in [3.05, 3.63) is 29.4 Å². The van der Waals surface area contributed by atoms with Crippen LogP contribution in [-0.4, -0.2) is 24.9 Å². The summed E-state index contributed by atoms with van der Waals surface area (Å²) in [6, 6.07) is 3.52. The maximum absolute atomic E-state index is 6.19. The second kappa shape index (κ2) is 5.50. The van der Waals surface area contributed by atoms with Crippen molar-refractivity contribution in [1.82, 2.24) is 5.32 Å². The number of hydrogen-bond donors (Lipinski definition) is 1. The Kier molecular flexibility index (Phi) is 4.11. The van der Waals surface area contributed by atoms with Crippen molar-refractivity contribution in [2.45, 2.75) is 19.4 Å². The molecule has 0 saturated carbocycles. The van der Waals surface area contributed by atoms with Crippen LogP contribution in [0.3, 0.4) is 0 Å². The van der Waals surface area contributed by atoms with E-state index in [1.807, 2.05) is 31.0 Å². The number of ether oxygens (including phenoxy) is 2. The predicted octanol–water partition coefficient (Wildman–Crippen LogP) is 3.34. The predicted molar refractivity (Wildman–Crippen MR) is 86.0 cm³/mol. The first kappa shape index (κ1) is 14.9. The number of nitrogens with one attached hydrogen (secondary N) is 1. The van der Waals surface area contributed by atoms with Crippen LogP contribution in [-0.2, 0) is 0 Å². The molecule has 0 atom stereocenters. The minimum Gasteiger partial charge on any atom is -0.495 e. The number of nitrogens with zero attached hydrogens (tertiary/aromatic N) is 1. The van der Waals surface area contributed by atoms with Crippen molar-refractivity contribution in [3.63, 3.8) is 0 Å². The molecular weight excluding hydrogens is 296 g/mol. The standard InChI is InChI=1S/C14H17ClN2O2S/c1-14(2)5-6-17(13(20)16-14)10-7-9(15)11(18-3)8-12(10)19-4/h5-8H,1-4H3,(H,16,20). The lowest BCUT2D eigenvalue weighted by molar-refractivity contribution is 0.395. The topological polar surface area (TPSA) is 33.7 Å². The second-order valence-electron chi connectivity index (χ2n) is 5.00. The fourth-order valence-corrected chi connectivity index (χ4v) is 2.59. The molecule has 0 spiro atoms. The van der Waals surface area contributed by atoms with Gasteiger partial charge in [-0.15, -0.1) is 0 Å². The SMILES string of the molecule is COc1cc(OC)c(N2C=CC(C)(C)NC2=S)cc1Cl. The molecule has 1 heterocycles. The van der Waals surface area contributed by atoms with Crippen molar-refractivity contribution >= 4 is 34.6 Å². The summed E-state index contributed by atoms with van der Waals surface area (Å²) in [4.78, 5) is 1.82. The molecule has 0 amide bonds. The third-order valence-corrected chi connectivity index (χ3v) is 3.60. The molecule has 0 radical (unpaired) electrons. The number of methoxy groups -OCH3 is 2. The van der Waals surface area contributed by atoms with Gasteiger partial charge in [-0.1, -0.05) is 11.6 Å². The Morgan fingerprint density at radius 1 is 1.20 bits per heavy atom. The average molecular weight is 313 g/mol. The molecule has 4 nitrogen and oxygen atoms in total. The Morgan fingerprint density at radius 2 is 1.85 bits per heavy atom. The summed E-state index contributed by atoms with van der Waals surface area (Å²) in [6.45, 7) is 4.09. The molecule has 1 aromatic rings. The number of halogens is 1. The second-order valence-corrected chi connectivity index (χ2v) is 5.79. The summed E-state index contributed by atoms with van der Waals surface area (Å²) in [5, 5.41) is 4.34. The molecule has 0 fully saturated rings. The van der Waals surface area contributed by atoms with E-state index in [9.17, 15) is 0 Å². The molecule has 108 valence electrons. The van der Waals surface area contributed by atoms with Crippen molar-refractivity contribution < 1.29 is 9.47 Å². The Labute approximate surface area is 129 Å². The minimum absolute atomic E-state index is 0.170. The van der Waals surface area contributed by atoms with E-state index < -0.39 is 0 Å². The molecule has 0 bridgehead atoms. The summed E-state index contributed by atoms with van der Waals surface area (Å²) in [5.41, 5.74) is 0.597. The summed E-state index contributed by atoms with van der Waals surface area (Å²) in [7, 11) is 3.16. The van der Waals surface area contributed by atoms with E-state index in [0.717, 1.165) is 5.69 Å². The van der Waals surface area contributed by atoms with Gasteiger partial charge in [-0.2, -0.15) is 0 Å². The number of thiocarbonyl (C=S) groups is 1. The summed E-state index contributed by atoms with van der Waals surface area (Å²) >= 11 is 11.6. The zero-order valence-electron chi connectivity index (χ0n) is 11.9. The van der Waals surface area contributed by atoms with Crippen LogP contribution in [0, 0.1) is 0 Å². The highest BCUT2D eigenvalue weighted by molar-refractivity contribution is 7.80. The smallest absolute Gasteiger partial charge is 0.178 e. The molecular formula is C14H17ClN2O2S. The number of anilines is 1. The molecule has 0 aliphatic carbocycles. The number of benzene rings is 1. The first-order chi connectivity index (χ1) is 9.38. The highest BCUT2D eigenvalue weighted by Gasteiger charge is 2.26. The number of rotatable bonds is 3. The molecule has 0 aromatic heterocycles. The molecule has 0 saturated heterocycles. The Hall–Kier alpha value is -1.46.